The molecule has 1 fully saturated rings. The van der Waals surface area contributed by atoms with Gasteiger partial charge in [0, 0.05) is 16.7 Å². The number of alkyl halides is 9. The van der Waals surface area contributed by atoms with Crippen LogP contribution in [0.15, 0.2) is 23.8 Å². The number of rotatable bonds is 0. The number of fused-ring (bicyclic) bond motifs is 2. The summed E-state index contributed by atoms with van der Waals surface area (Å²) in [5.41, 5.74) is -9.95. The normalized spacial score (nSPS) is 37.7. The maximum absolute atomic E-state index is 14.8. The predicted molar refractivity (Wildman–Crippen MR) is 64.7 cm³/mol. The third-order valence-corrected chi connectivity index (χ3v) is 4.44. The Balaban J connectivity index is 2.45. The standard InChI is InChI=1S/C14H7F9O2/c15-9-5-2-1-3-7(24)6(5)4-8-10(9,16)12(18,19)14(22,23)13(20,21)11(8,17)25/h1-4,9,24-25H. The number of phenols is 1. The van der Waals surface area contributed by atoms with Crippen LogP contribution in [-0.2, 0) is 0 Å². The van der Waals surface area contributed by atoms with E-state index >= 15 is 0 Å². The minimum atomic E-state index is -6.76. The first-order chi connectivity index (χ1) is 11.2. The molecule has 2 aliphatic carbocycles. The highest BCUT2D eigenvalue weighted by Crippen LogP contribution is 2.69. The lowest BCUT2D eigenvalue weighted by atomic mass is 9.64. The molecule has 1 aromatic carbocycles. The summed E-state index contributed by atoms with van der Waals surface area (Å²) in [5, 5.41) is 18.7. The average Bonchev–Trinajstić information content (AvgIpc) is 2.49. The van der Waals surface area contributed by atoms with Crippen molar-refractivity contribution in [1.29, 1.82) is 0 Å². The fourth-order valence-corrected chi connectivity index (χ4v) is 3.02. The molecule has 1 saturated carbocycles. The number of aliphatic hydroxyl groups is 1. The molecule has 0 bridgehead atoms. The smallest absolute Gasteiger partial charge is 0.382 e. The molecule has 2 aliphatic rings. The van der Waals surface area contributed by atoms with Crippen molar-refractivity contribution in [3.05, 3.63) is 34.9 Å². The van der Waals surface area contributed by atoms with E-state index in [4.69, 9.17) is 0 Å². The third kappa shape index (κ3) is 1.62. The fourth-order valence-electron chi connectivity index (χ4n) is 3.02. The molecule has 138 valence electrons. The largest absolute Gasteiger partial charge is 0.507 e. The first-order valence-corrected chi connectivity index (χ1v) is 6.58. The number of aromatic hydroxyl groups is 1. The van der Waals surface area contributed by atoms with Crippen LogP contribution in [0.5, 0.6) is 5.75 Å². The Bertz CT molecular complexity index is 787. The van der Waals surface area contributed by atoms with Crippen molar-refractivity contribution in [2.75, 3.05) is 0 Å². The van der Waals surface area contributed by atoms with Gasteiger partial charge in [-0.2, -0.15) is 30.7 Å². The maximum Gasteiger partial charge on any atom is 0.382 e. The molecule has 0 spiro atoms. The van der Waals surface area contributed by atoms with Gasteiger partial charge in [-0.3, -0.25) is 0 Å². The lowest BCUT2D eigenvalue weighted by molar-refractivity contribution is -0.421. The molecule has 3 rings (SSSR count). The maximum atomic E-state index is 14.8. The van der Waals surface area contributed by atoms with E-state index in [-0.39, 0.29) is 6.08 Å². The molecule has 0 saturated heterocycles. The Labute approximate surface area is 133 Å². The Hall–Kier alpha value is -1.91. The third-order valence-electron chi connectivity index (χ3n) is 4.44. The second-order valence-electron chi connectivity index (χ2n) is 5.76. The molecule has 2 nitrogen and oxygen atoms in total. The molecule has 25 heavy (non-hydrogen) atoms. The monoisotopic (exact) mass is 378 g/mol. The Kier molecular flexibility index (Phi) is 3.17. The van der Waals surface area contributed by atoms with E-state index in [0.717, 1.165) is 12.1 Å². The Morgan fingerprint density at radius 3 is 1.96 bits per heavy atom. The summed E-state index contributed by atoms with van der Waals surface area (Å²) in [4.78, 5) is 0. The highest BCUT2D eigenvalue weighted by Gasteiger charge is 2.93. The summed E-state index contributed by atoms with van der Waals surface area (Å²) in [6, 6.07) is 2.27. The van der Waals surface area contributed by atoms with Crippen LogP contribution < -0.4 is 0 Å². The topological polar surface area (TPSA) is 40.5 Å². The van der Waals surface area contributed by atoms with Crippen LogP contribution in [0.2, 0.25) is 0 Å². The summed E-state index contributed by atoms with van der Waals surface area (Å²) in [7, 11) is 0. The molecule has 0 heterocycles. The average molecular weight is 378 g/mol. The molecule has 11 heteroatoms. The second-order valence-corrected chi connectivity index (χ2v) is 5.76. The minimum absolute atomic E-state index is 0.211. The van der Waals surface area contributed by atoms with E-state index in [1.165, 1.54) is 0 Å². The zero-order valence-electron chi connectivity index (χ0n) is 11.7. The Morgan fingerprint density at radius 2 is 1.40 bits per heavy atom. The lowest BCUT2D eigenvalue weighted by Crippen LogP contribution is -2.78. The van der Waals surface area contributed by atoms with Crippen LogP contribution in [0.1, 0.15) is 17.3 Å². The van der Waals surface area contributed by atoms with Gasteiger partial charge < -0.3 is 10.2 Å². The molecule has 0 radical (unpaired) electrons. The fraction of sp³-hybridized carbons (Fsp3) is 0.429. The molecule has 0 aromatic heterocycles. The van der Waals surface area contributed by atoms with Gasteiger partial charge in [0.1, 0.15) is 5.75 Å². The van der Waals surface area contributed by atoms with Gasteiger partial charge in [-0.25, -0.2) is 8.78 Å². The first kappa shape index (κ1) is 17.9. The van der Waals surface area contributed by atoms with Crippen LogP contribution in [-0.4, -0.2) is 39.5 Å². The van der Waals surface area contributed by atoms with Crippen LogP contribution in [0.25, 0.3) is 6.08 Å². The number of phenolic OH excluding ortho intramolecular Hbond substituents is 1. The highest BCUT2D eigenvalue weighted by atomic mass is 19.4. The summed E-state index contributed by atoms with van der Waals surface area (Å²) in [6.07, 6.45) is -3.98. The van der Waals surface area contributed by atoms with Crippen molar-refractivity contribution in [2.45, 2.75) is 35.5 Å². The second kappa shape index (κ2) is 4.43. The summed E-state index contributed by atoms with van der Waals surface area (Å²) >= 11 is 0. The van der Waals surface area contributed by atoms with Gasteiger partial charge in [0.25, 0.3) is 0 Å². The molecule has 0 aliphatic heterocycles. The van der Waals surface area contributed by atoms with E-state index in [0.29, 0.717) is 6.07 Å². The highest BCUT2D eigenvalue weighted by molar-refractivity contribution is 5.72. The summed E-state index contributed by atoms with van der Waals surface area (Å²) < 4.78 is 125. The van der Waals surface area contributed by atoms with Crippen molar-refractivity contribution in [3.8, 4) is 5.75 Å². The number of hydrogen-bond donors (Lipinski definition) is 2. The van der Waals surface area contributed by atoms with Crippen molar-refractivity contribution < 1.29 is 49.7 Å². The molecule has 3 atom stereocenters. The van der Waals surface area contributed by atoms with Crippen LogP contribution in [0.3, 0.4) is 0 Å². The van der Waals surface area contributed by atoms with Crippen molar-refractivity contribution in [2.24, 2.45) is 0 Å². The van der Waals surface area contributed by atoms with Gasteiger partial charge in [-0.05, 0) is 12.1 Å². The first-order valence-electron chi connectivity index (χ1n) is 6.58. The van der Waals surface area contributed by atoms with Gasteiger partial charge >= 0.3 is 23.6 Å². The number of hydrogen-bond acceptors (Lipinski definition) is 2. The van der Waals surface area contributed by atoms with E-state index in [2.05, 4.69) is 0 Å². The molecular formula is C14H7F9O2. The molecule has 1 aromatic rings. The minimum Gasteiger partial charge on any atom is -0.507 e. The molecule has 2 N–H and O–H groups in total. The quantitative estimate of drug-likeness (QED) is 0.668. The van der Waals surface area contributed by atoms with Gasteiger partial charge in [-0.15, -0.1) is 0 Å². The van der Waals surface area contributed by atoms with E-state index in [1.807, 2.05) is 0 Å². The zero-order chi connectivity index (χ0) is 19.2. The van der Waals surface area contributed by atoms with Gasteiger partial charge in [-0.1, -0.05) is 12.1 Å². The van der Waals surface area contributed by atoms with Gasteiger partial charge in [0.05, 0.1) is 0 Å². The van der Waals surface area contributed by atoms with Crippen molar-refractivity contribution in [3.63, 3.8) is 0 Å². The molecular weight excluding hydrogens is 371 g/mol. The van der Waals surface area contributed by atoms with Crippen LogP contribution in [0.4, 0.5) is 39.5 Å². The van der Waals surface area contributed by atoms with Gasteiger partial charge in [0.15, 0.2) is 6.17 Å². The summed E-state index contributed by atoms with van der Waals surface area (Å²) in [5.74, 6) is -26.2. The van der Waals surface area contributed by atoms with E-state index in [9.17, 15) is 49.7 Å². The summed E-state index contributed by atoms with van der Waals surface area (Å²) in [6.45, 7) is 0. The number of benzene rings is 1. The van der Waals surface area contributed by atoms with Crippen LogP contribution in [0, 0.1) is 0 Å². The molecule has 3 unspecified atom stereocenters. The van der Waals surface area contributed by atoms with Crippen molar-refractivity contribution in [1.82, 2.24) is 0 Å². The van der Waals surface area contributed by atoms with E-state index in [1.54, 1.807) is 0 Å². The zero-order valence-corrected chi connectivity index (χ0v) is 11.7. The SMILES string of the molecule is Oc1cccc2c1C=C1C(O)(F)C(F)(F)C(F)(F)C(F)(F)C1(F)C2F. The van der Waals surface area contributed by atoms with Crippen LogP contribution >= 0.6 is 0 Å². The number of halogens is 9. The molecule has 0 amide bonds. The van der Waals surface area contributed by atoms with Crippen molar-refractivity contribution >= 4 is 6.08 Å². The Morgan fingerprint density at radius 1 is 0.840 bits per heavy atom. The lowest BCUT2D eigenvalue weighted by Gasteiger charge is -2.53. The van der Waals surface area contributed by atoms with E-state index < -0.39 is 57.9 Å². The predicted octanol–water partition coefficient (Wildman–Crippen LogP) is 4.09. The van der Waals surface area contributed by atoms with Gasteiger partial charge in [0.2, 0.25) is 5.67 Å².